The average molecular weight is 271 g/mol. The lowest BCUT2D eigenvalue weighted by Crippen LogP contribution is -2.01. The zero-order valence-corrected chi connectivity index (χ0v) is 10.0. The molecule has 1 rings (SSSR count). The second-order valence-electron chi connectivity index (χ2n) is 3.12. The molecule has 1 aromatic carbocycles. The molecule has 15 heavy (non-hydrogen) atoms. The molecule has 1 aromatic rings. The Morgan fingerprint density at radius 1 is 1.53 bits per heavy atom. The molecule has 0 aliphatic heterocycles. The lowest BCUT2D eigenvalue weighted by molar-refractivity contribution is 0.164. The van der Waals surface area contributed by atoms with Crippen molar-refractivity contribution in [3.05, 3.63) is 34.1 Å². The molecule has 1 atom stereocenters. The van der Waals surface area contributed by atoms with Crippen LogP contribution in [0.5, 0.6) is 0 Å². The van der Waals surface area contributed by atoms with E-state index in [9.17, 15) is 9.50 Å². The number of aliphatic hydroxyl groups is 1. The number of aliphatic hydroxyl groups excluding tert-OH is 1. The molecule has 80 valence electrons. The Hall–Kier alpha value is -0.850. The minimum Gasteiger partial charge on any atom is -0.388 e. The van der Waals surface area contributed by atoms with Gasteiger partial charge in [-0.3, -0.25) is 0 Å². The van der Waals surface area contributed by atoms with E-state index in [2.05, 4.69) is 27.8 Å². The molecule has 0 fully saturated rings. The van der Waals surface area contributed by atoms with Crippen LogP contribution in [-0.2, 0) is 0 Å². The molecule has 1 unspecified atom stereocenters. The smallest absolute Gasteiger partial charge is 0.130 e. The summed E-state index contributed by atoms with van der Waals surface area (Å²) in [5, 5.41) is 9.77. The largest absolute Gasteiger partial charge is 0.388 e. The van der Waals surface area contributed by atoms with Crippen molar-refractivity contribution in [2.45, 2.75) is 25.9 Å². The van der Waals surface area contributed by atoms with E-state index in [1.807, 2.05) is 0 Å². The van der Waals surface area contributed by atoms with Gasteiger partial charge in [0.2, 0.25) is 0 Å². The molecule has 0 aliphatic carbocycles. The van der Waals surface area contributed by atoms with E-state index in [0.717, 1.165) is 0 Å². The molecule has 0 amide bonds. The number of rotatable bonds is 3. The number of hydrogen-bond donors (Lipinski definition) is 1. The lowest BCUT2D eigenvalue weighted by Gasteiger charge is -2.12. The van der Waals surface area contributed by atoms with Gasteiger partial charge in [-0.25, -0.2) is 4.39 Å². The minimum atomic E-state index is -0.804. The van der Waals surface area contributed by atoms with E-state index in [1.165, 1.54) is 6.07 Å². The summed E-state index contributed by atoms with van der Waals surface area (Å²) in [4.78, 5) is 0. The van der Waals surface area contributed by atoms with Crippen LogP contribution >= 0.6 is 15.9 Å². The van der Waals surface area contributed by atoms with Gasteiger partial charge in [0.15, 0.2) is 0 Å². The first-order chi connectivity index (χ1) is 7.16. The topological polar surface area (TPSA) is 20.2 Å². The van der Waals surface area contributed by atoms with E-state index in [-0.39, 0.29) is 5.82 Å². The third kappa shape index (κ3) is 3.33. The maximum atomic E-state index is 13.4. The summed E-state index contributed by atoms with van der Waals surface area (Å²) in [6, 6.07) is 4.66. The number of benzene rings is 1. The summed E-state index contributed by atoms with van der Waals surface area (Å²) in [5.74, 6) is 5.19. The molecule has 0 heterocycles. The van der Waals surface area contributed by atoms with Crippen LogP contribution in [0.2, 0.25) is 0 Å². The highest BCUT2D eigenvalue weighted by atomic mass is 79.9. The van der Waals surface area contributed by atoms with E-state index in [4.69, 9.17) is 0 Å². The molecule has 1 nitrogen and oxygen atoms in total. The third-order valence-electron chi connectivity index (χ3n) is 2.05. The molecule has 0 saturated carbocycles. The summed E-state index contributed by atoms with van der Waals surface area (Å²) < 4.78 is 14.0. The maximum absolute atomic E-state index is 13.4. The molecular weight excluding hydrogens is 259 g/mol. The van der Waals surface area contributed by atoms with Crippen molar-refractivity contribution in [3.63, 3.8) is 0 Å². The summed E-state index contributed by atoms with van der Waals surface area (Å²) in [5.41, 5.74) is 0.315. The highest BCUT2D eigenvalue weighted by Crippen LogP contribution is 2.28. The van der Waals surface area contributed by atoms with Gasteiger partial charge in [0.05, 0.1) is 6.10 Å². The van der Waals surface area contributed by atoms with Gasteiger partial charge in [-0.1, -0.05) is 22.0 Å². The first-order valence-corrected chi connectivity index (χ1v) is 5.47. The predicted octanol–water partition coefficient (Wildman–Crippen LogP) is 3.43. The zero-order valence-electron chi connectivity index (χ0n) is 8.43. The molecule has 0 bridgehead atoms. The van der Waals surface area contributed by atoms with Gasteiger partial charge >= 0.3 is 0 Å². The molecule has 0 saturated heterocycles. The van der Waals surface area contributed by atoms with Crippen molar-refractivity contribution in [2.24, 2.45) is 0 Å². The van der Waals surface area contributed by atoms with Crippen LogP contribution in [0.4, 0.5) is 4.39 Å². The van der Waals surface area contributed by atoms with Crippen molar-refractivity contribution in [1.82, 2.24) is 0 Å². The van der Waals surface area contributed by atoms with Crippen molar-refractivity contribution >= 4 is 15.9 Å². The second kappa shape index (κ2) is 5.89. The van der Waals surface area contributed by atoms with E-state index in [1.54, 1.807) is 19.1 Å². The first-order valence-electron chi connectivity index (χ1n) is 4.68. The summed E-state index contributed by atoms with van der Waals surface area (Å²) in [7, 11) is 0. The zero-order chi connectivity index (χ0) is 11.3. The summed E-state index contributed by atoms with van der Waals surface area (Å²) in [6.45, 7) is 1.74. The third-order valence-corrected chi connectivity index (χ3v) is 2.74. The van der Waals surface area contributed by atoms with Crippen LogP contribution in [0.1, 0.15) is 31.4 Å². The Bertz CT molecular complexity index is 372. The van der Waals surface area contributed by atoms with Crippen LogP contribution in [0.15, 0.2) is 22.7 Å². The number of hydrogen-bond acceptors (Lipinski definition) is 1. The standard InChI is InChI=1S/C12H12BrFO/c1-2-3-4-8-11(15)12-9(13)6-5-7-10(12)14/h5-7,11,15H,4,8H2,1H3. The van der Waals surface area contributed by atoms with E-state index >= 15 is 0 Å². The molecule has 0 radical (unpaired) electrons. The number of halogens is 2. The van der Waals surface area contributed by atoms with Crippen LogP contribution in [0.25, 0.3) is 0 Å². The van der Waals surface area contributed by atoms with Crippen LogP contribution in [0, 0.1) is 17.7 Å². The Morgan fingerprint density at radius 2 is 2.27 bits per heavy atom. The molecular formula is C12H12BrFO. The second-order valence-corrected chi connectivity index (χ2v) is 3.97. The van der Waals surface area contributed by atoms with Gasteiger partial charge in [-0.2, -0.15) is 0 Å². The van der Waals surface area contributed by atoms with Crippen LogP contribution < -0.4 is 0 Å². The predicted molar refractivity (Wildman–Crippen MR) is 61.7 cm³/mol. The SMILES string of the molecule is CC#CCCC(O)c1c(F)cccc1Br. The van der Waals surface area contributed by atoms with Gasteiger partial charge < -0.3 is 5.11 Å². The van der Waals surface area contributed by atoms with E-state index in [0.29, 0.717) is 22.9 Å². The Morgan fingerprint density at radius 3 is 2.87 bits per heavy atom. The molecule has 0 aliphatic rings. The minimum absolute atomic E-state index is 0.315. The quantitative estimate of drug-likeness (QED) is 0.835. The highest BCUT2D eigenvalue weighted by molar-refractivity contribution is 9.10. The van der Waals surface area contributed by atoms with Gasteiger partial charge in [0.25, 0.3) is 0 Å². The first kappa shape index (κ1) is 12.2. The van der Waals surface area contributed by atoms with Gasteiger partial charge in [0, 0.05) is 16.5 Å². The molecule has 1 N–H and O–H groups in total. The Labute approximate surface area is 97.4 Å². The fourth-order valence-corrected chi connectivity index (χ4v) is 1.91. The maximum Gasteiger partial charge on any atom is 0.130 e. The average Bonchev–Trinajstić information content (AvgIpc) is 2.18. The van der Waals surface area contributed by atoms with Crippen molar-refractivity contribution < 1.29 is 9.50 Å². The van der Waals surface area contributed by atoms with Gasteiger partial charge in [0.1, 0.15) is 5.82 Å². The van der Waals surface area contributed by atoms with Gasteiger partial charge in [-0.15, -0.1) is 11.8 Å². The fraction of sp³-hybridized carbons (Fsp3) is 0.333. The summed E-state index contributed by atoms with van der Waals surface area (Å²) >= 11 is 3.22. The molecule has 0 aromatic heterocycles. The van der Waals surface area contributed by atoms with E-state index < -0.39 is 6.10 Å². The lowest BCUT2D eigenvalue weighted by atomic mass is 10.0. The van der Waals surface area contributed by atoms with Gasteiger partial charge in [-0.05, 0) is 25.5 Å². The fourth-order valence-electron chi connectivity index (χ4n) is 1.31. The summed E-state index contributed by atoms with van der Waals surface area (Å²) in [6.07, 6.45) is 0.208. The van der Waals surface area contributed by atoms with Crippen LogP contribution in [-0.4, -0.2) is 5.11 Å². The Balaban J connectivity index is 2.79. The van der Waals surface area contributed by atoms with Crippen molar-refractivity contribution in [2.75, 3.05) is 0 Å². The van der Waals surface area contributed by atoms with Crippen molar-refractivity contribution in [1.29, 1.82) is 0 Å². The van der Waals surface area contributed by atoms with Crippen molar-refractivity contribution in [3.8, 4) is 11.8 Å². The van der Waals surface area contributed by atoms with Crippen LogP contribution in [0.3, 0.4) is 0 Å². The normalized spacial score (nSPS) is 11.7. The highest BCUT2D eigenvalue weighted by Gasteiger charge is 2.15. The Kier molecular flexibility index (Phi) is 4.80. The monoisotopic (exact) mass is 270 g/mol. The molecule has 3 heteroatoms. The molecule has 0 spiro atoms.